The molecule has 0 spiro atoms. The Morgan fingerprint density at radius 3 is 2.81 bits per heavy atom. The summed E-state index contributed by atoms with van der Waals surface area (Å²) in [5.41, 5.74) is 0. The Kier molecular flexibility index (Phi) is 4.97. The van der Waals surface area contributed by atoms with E-state index < -0.39 is 23.0 Å². The summed E-state index contributed by atoms with van der Waals surface area (Å²) in [4.78, 5) is 12.9. The lowest BCUT2D eigenvalue weighted by atomic mass is 10.4. The molecule has 0 saturated carbocycles. The largest absolute Gasteiger partial charge is 0.421 e. The van der Waals surface area contributed by atoms with Crippen molar-refractivity contribution in [2.75, 3.05) is 39.4 Å². The average Bonchev–Trinajstić information content (AvgIpc) is 2.43. The van der Waals surface area contributed by atoms with Crippen molar-refractivity contribution in [1.82, 2.24) is 4.90 Å². The maximum absolute atomic E-state index is 11.4. The Morgan fingerprint density at radius 1 is 1.38 bits per heavy atom. The van der Waals surface area contributed by atoms with Gasteiger partial charge in [-0.15, -0.1) is 0 Å². The molecule has 16 heavy (non-hydrogen) atoms. The first-order valence-corrected chi connectivity index (χ1v) is 6.64. The van der Waals surface area contributed by atoms with E-state index in [1.54, 1.807) is 0 Å². The summed E-state index contributed by atoms with van der Waals surface area (Å²) < 4.78 is 35.3. The highest BCUT2D eigenvalue weighted by atomic mass is 32.2. The minimum atomic E-state index is -3.58. The molecule has 0 aliphatic carbocycles. The van der Waals surface area contributed by atoms with Gasteiger partial charge >= 0.3 is 6.09 Å². The molecule has 0 radical (unpaired) electrons. The molecule has 0 atom stereocenters. The van der Waals surface area contributed by atoms with Gasteiger partial charge in [0.15, 0.2) is 0 Å². The minimum absolute atomic E-state index is 0.442. The van der Waals surface area contributed by atoms with E-state index in [1.807, 2.05) is 0 Å². The van der Waals surface area contributed by atoms with Crippen molar-refractivity contribution in [3.05, 3.63) is 0 Å². The molecule has 1 rings (SSSR count). The van der Waals surface area contributed by atoms with Gasteiger partial charge in [0, 0.05) is 19.7 Å². The van der Waals surface area contributed by atoms with Crippen LogP contribution in [0.4, 0.5) is 4.79 Å². The van der Waals surface area contributed by atoms with Crippen LogP contribution in [0.1, 0.15) is 6.42 Å². The zero-order chi connectivity index (χ0) is 12.0. The molecule has 8 heteroatoms. The molecule has 94 valence electrons. The van der Waals surface area contributed by atoms with E-state index in [1.165, 1.54) is 4.90 Å². The summed E-state index contributed by atoms with van der Waals surface area (Å²) in [6.07, 6.45) is 1.04. The van der Waals surface area contributed by atoms with Crippen LogP contribution in [0.25, 0.3) is 0 Å². The highest BCUT2D eigenvalue weighted by Crippen LogP contribution is 2.02. The molecule has 0 aromatic heterocycles. The first kappa shape index (κ1) is 13.2. The second-order valence-electron chi connectivity index (χ2n) is 3.30. The third kappa shape index (κ3) is 5.29. The number of hydrogen-bond donors (Lipinski definition) is 0. The first-order valence-electron chi connectivity index (χ1n) is 4.83. The van der Waals surface area contributed by atoms with Crippen molar-refractivity contribution in [2.24, 2.45) is 0 Å². The van der Waals surface area contributed by atoms with Crippen LogP contribution < -0.4 is 0 Å². The predicted octanol–water partition coefficient (Wildman–Crippen LogP) is -0.221. The van der Waals surface area contributed by atoms with Gasteiger partial charge in [-0.1, -0.05) is 0 Å². The van der Waals surface area contributed by atoms with Gasteiger partial charge in [0.05, 0.1) is 12.9 Å². The van der Waals surface area contributed by atoms with Crippen molar-refractivity contribution in [3.63, 3.8) is 0 Å². The Morgan fingerprint density at radius 2 is 2.12 bits per heavy atom. The van der Waals surface area contributed by atoms with Gasteiger partial charge in [-0.05, 0) is 6.42 Å². The Balaban J connectivity index is 2.28. The van der Waals surface area contributed by atoms with Gasteiger partial charge < -0.3 is 14.4 Å². The fourth-order valence-corrected chi connectivity index (χ4v) is 1.40. The molecule has 0 aromatic carbocycles. The Labute approximate surface area is 94.4 Å². The first-order chi connectivity index (χ1) is 7.49. The number of nitrogens with zero attached hydrogens (tertiary/aromatic N) is 1. The molecule has 1 fully saturated rings. The number of carbonyl (C=O) groups is 1. The maximum Gasteiger partial charge on any atom is 0.411 e. The monoisotopic (exact) mass is 253 g/mol. The van der Waals surface area contributed by atoms with Crippen molar-refractivity contribution in [2.45, 2.75) is 6.42 Å². The molecular weight excluding hydrogens is 238 g/mol. The smallest absolute Gasteiger partial charge is 0.411 e. The van der Waals surface area contributed by atoms with E-state index in [4.69, 9.17) is 4.74 Å². The molecule has 0 aromatic rings. The topological polar surface area (TPSA) is 82.1 Å². The molecule has 7 nitrogen and oxygen atoms in total. The third-order valence-corrected chi connectivity index (χ3v) is 2.45. The van der Waals surface area contributed by atoms with Crippen LogP contribution in [-0.4, -0.2) is 58.8 Å². The van der Waals surface area contributed by atoms with Crippen LogP contribution in [0.3, 0.4) is 0 Å². The van der Waals surface area contributed by atoms with Gasteiger partial charge in [-0.3, -0.25) is 0 Å². The molecule has 0 bridgehead atoms. The lowest BCUT2D eigenvalue weighted by Crippen LogP contribution is -2.34. The summed E-state index contributed by atoms with van der Waals surface area (Å²) in [7, 11) is -3.58. The second-order valence-corrected chi connectivity index (χ2v) is 4.95. The van der Waals surface area contributed by atoms with Crippen molar-refractivity contribution < 1.29 is 26.9 Å². The zero-order valence-electron chi connectivity index (χ0n) is 9.05. The van der Waals surface area contributed by atoms with E-state index in [0.717, 1.165) is 12.7 Å². The molecule has 1 amide bonds. The lowest BCUT2D eigenvalue weighted by Gasteiger charge is -2.18. The van der Waals surface area contributed by atoms with E-state index in [9.17, 15) is 13.2 Å². The fraction of sp³-hybridized carbons (Fsp3) is 0.875. The van der Waals surface area contributed by atoms with E-state index >= 15 is 0 Å². The number of carbonyl (C=O) groups excluding carboxylic acids is 1. The predicted molar refractivity (Wildman–Crippen MR) is 54.3 cm³/mol. The van der Waals surface area contributed by atoms with Crippen LogP contribution in [0.15, 0.2) is 0 Å². The number of hydrogen-bond acceptors (Lipinski definition) is 6. The molecule has 1 saturated heterocycles. The number of rotatable bonds is 3. The summed E-state index contributed by atoms with van der Waals surface area (Å²) >= 11 is 0. The quantitative estimate of drug-likeness (QED) is 0.511. The fourth-order valence-electron chi connectivity index (χ4n) is 1.18. The van der Waals surface area contributed by atoms with Gasteiger partial charge in [0.25, 0.3) is 10.1 Å². The minimum Gasteiger partial charge on any atom is -0.421 e. The third-order valence-electron chi connectivity index (χ3n) is 1.93. The van der Waals surface area contributed by atoms with E-state index in [-0.39, 0.29) is 0 Å². The molecular formula is C8H15NO6S. The molecule has 1 aliphatic heterocycles. The van der Waals surface area contributed by atoms with Gasteiger partial charge in [0.1, 0.15) is 0 Å². The molecule has 0 unspecified atom stereocenters. The van der Waals surface area contributed by atoms with Crippen LogP contribution in [0, 0.1) is 0 Å². The van der Waals surface area contributed by atoms with E-state index in [2.05, 4.69) is 8.92 Å². The average molecular weight is 253 g/mol. The summed E-state index contributed by atoms with van der Waals surface area (Å²) in [5, 5.41) is 0. The lowest BCUT2D eigenvalue weighted by molar-refractivity contribution is 0.0380. The standard InChI is InChI=1S/C8H15NO6S/c1-16(11,12)15-7-14-8(10)9-3-2-5-13-6-4-9/h2-7H2,1H3. The molecule has 1 aliphatic rings. The van der Waals surface area contributed by atoms with Crippen LogP contribution >= 0.6 is 0 Å². The van der Waals surface area contributed by atoms with Crippen LogP contribution in [0.5, 0.6) is 0 Å². The van der Waals surface area contributed by atoms with Crippen molar-refractivity contribution >= 4 is 16.2 Å². The van der Waals surface area contributed by atoms with Crippen molar-refractivity contribution in [1.29, 1.82) is 0 Å². The van der Waals surface area contributed by atoms with E-state index in [0.29, 0.717) is 26.3 Å². The Hall–Kier alpha value is -0.860. The van der Waals surface area contributed by atoms with Gasteiger partial charge in [0.2, 0.25) is 6.79 Å². The van der Waals surface area contributed by atoms with Gasteiger partial charge in [-0.25, -0.2) is 8.98 Å². The summed E-state index contributed by atoms with van der Waals surface area (Å²) in [6, 6.07) is 0. The highest BCUT2D eigenvalue weighted by molar-refractivity contribution is 7.85. The number of ether oxygens (including phenoxy) is 2. The maximum atomic E-state index is 11.4. The SMILES string of the molecule is CS(=O)(=O)OCOC(=O)N1CCCOCC1. The van der Waals surface area contributed by atoms with Crippen molar-refractivity contribution in [3.8, 4) is 0 Å². The van der Waals surface area contributed by atoms with Crippen LogP contribution in [0.2, 0.25) is 0 Å². The zero-order valence-corrected chi connectivity index (χ0v) is 9.86. The number of amides is 1. The normalized spacial score (nSPS) is 17.9. The van der Waals surface area contributed by atoms with Crippen LogP contribution in [-0.2, 0) is 23.8 Å². The van der Waals surface area contributed by atoms with Gasteiger partial charge in [-0.2, -0.15) is 8.42 Å². The summed E-state index contributed by atoms with van der Waals surface area (Å²) in [6.45, 7) is 1.47. The Bertz CT molecular complexity index is 319. The molecule has 0 N–H and O–H groups in total. The highest BCUT2D eigenvalue weighted by Gasteiger charge is 2.17. The molecule has 1 heterocycles. The second kappa shape index (κ2) is 6.02. The summed E-state index contributed by atoms with van der Waals surface area (Å²) in [5.74, 6) is 0.